The molecule has 0 radical (unpaired) electrons. The Bertz CT molecular complexity index is 3050. The predicted molar refractivity (Wildman–Crippen MR) is 231 cm³/mol. The number of benzene rings is 8. The van der Waals surface area contributed by atoms with Crippen LogP contribution in [-0.2, 0) is 5.41 Å². The molecule has 1 spiro atoms. The lowest BCUT2D eigenvalue weighted by atomic mass is 9.65. The van der Waals surface area contributed by atoms with E-state index in [9.17, 15) is 5.26 Å². The van der Waals surface area contributed by atoms with Crippen molar-refractivity contribution in [3.63, 3.8) is 0 Å². The van der Waals surface area contributed by atoms with Crippen molar-refractivity contribution in [3.05, 3.63) is 228 Å². The first-order chi connectivity index (χ1) is 28.7. The molecule has 58 heavy (non-hydrogen) atoms. The molecule has 0 unspecified atom stereocenters. The number of aromatic nitrogens is 2. The van der Waals surface area contributed by atoms with Crippen molar-refractivity contribution in [1.29, 1.82) is 5.26 Å². The minimum atomic E-state index is -0.686. The third-order valence-corrected chi connectivity index (χ3v) is 11.6. The smallest absolute Gasteiger partial charge is 0.160 e. The third-order valence-electron chi connectivity index (χ3n) is 11.6. The van der Waals surface area contributed by atoms with Crippen LogP contribution in [0.15, 0.2) is 200 Å². The zero-order valence-corrected chi connectivity index (χ0v) is 31.3. The fraction of sp³-hybridized carbons (Fsp3) is 0.0185. The number of hydrogen-bond acceptors (Lipinski definition) is 4. The molecule has 0 fully saturated rings. The second-order valence-corrected chi connectivity index (χ2v) is 14.8. The zero-order valence-electron chi connectivity index (χ0n) is 31.3. The molecule has 8 aromatic carbocycles. The van der Waals surface area contributed by atoms with Crippen LogP contribution in [0.2, 0.25) is 0 Å². The van der Waals surface area contributed by atoms with Crippen LogP contribution in [0.25, 0.3) is 67.3 Å². The van der Waals surface area contributed by atoms with Gasteiger partial charge in [0.1, 0.15) is 17.6 Å². The largest absolute Gasteiger partial charge is 0.455 e. The van der Waals surface area contributed by atoms with Gasteiger partial charge in [-0.05, 0) is 57.1 Å². The molecule has 11 rings (SSSR count). The Morgan fingerprint density at radius 3 is 1.52 bits per heavy atom. The van der Waals surface area contributed by atoms with Crippen molar-refractivity contribution >= 4 is 0 Å². The van der Waals surface area contributed by atoms with E-state index in [1.165, 1.54) is 27.8 Å². The minimum absolute atomic E-state index is 0.503. The van der Waals surface area contributed by atoms with E-state index in [2.05, 4.69) is 170 Å². The Labute approximate surface area is 337 Å². The lowest BCUT2D eigenvalue weighted by Gasteiger charge is -2.40. The van der Waals surface area contributed by atoms with Gasteiger partial charge in [-0.3, -0.25) is 0 Å². The Morgan fingerprint density at radius 2 is 0.845 bits per heavy atom. The monoisotopic (exact) mass is 739 g/mol. The number of hydrogen-bond donors (Lipinski definition) is 0. The highest BCUT2D eigenvalue weighted by Crippen LogP contribution is 2.63. The fourth-order valence-electron chi connectivity index (χ4n) is 9.03. The van der Waals surface area contributed by atoms with E-state index in [0.717, 1.165) is 61.6 Å². The summed E-state index contributed by atoms with van der Waals surface area (Å²) in [5.41, 5.74) is 15.4. The molecule has 2 heterocycles. The van der Waals surface area contributed by atoms with Gasteiger partial charge in [0.2, 0.25) is 0 Å². The van der Waals surface area contributed by atoms with E-state index in [1.54, 1.807) is 0 Å². The first kappa shape index (κ1) is 33.5. The van der Waals surface area contributed by atoms with E-state index in [1.807, 2.05) is 36.4 Å². The Hall–Kier alpha value is -7.87. The van der Waals surface area contributed by atoms with Crippen LogP contribution >= 0.6 is 0 Å². The van der Waals surface area contributed by atoms with Gasteiger partial charge in [0, 0.05) is 33.4 Å². The highest BCUT2D eigenvalue weighted by atomic mass is 16.5. The van der Waals surface area contributed by atoms with Crippen LogP contribution in [0.3, 0.4) is 0 Å². The van der Waals surface area contributed by atoms with Gasteiger partial charge in [0.15, 0.2) is 5.82 Å². The lowest BCUT2D eigenvalue weighted by molar-refractivity contribution is 0.436. The van der Waals surface area contributed by atoms with Gasteiger partial charge in [0.25, 0.3) is 0 Å². The molecule has 0 N–H and O–H groups in total. The van der Waals surface area contributed by atoms with Crippen LogP contribution < -0.4 is 4.74 Å². The molecule has 1 aliphatic heterocycles. The summed E-state index contributed by atoms with van der Waals surface area (Å²) in [4.78, 5) is 10.4. The van der Waals surface area contributed by atoms with Crippen LogP contribution in [-0.4, -0.2) is 9.97 Å². The van der Waals surface area contributed by atoms with E-state index >= 15 is 0 Å². The Balaban J connectivity index is 1.08. The summed E-state index contributed by atoms with van der Waals surface area (Å²) < 4.78 is 6.99. The topological polar surface area (TPSA) is 58.8 Å². The SMILES string of the molecule is N#Cc1cccc2c1Oc1c(-c3cccc(-c4nc(-c5ccccc5)cc(-c5ccc(-c6ccccc6)cc5)n4)c3)cccc1C21c2ccccc2-c2ccccc21. The number of para-hydroxylation sites is 2. The molecular formula is C54H33N3O. The van der Waals surface area contributed by atoms with Crippen molar-refractivity contribution in [2.75, 3.05) is 0 Å². The van der Waals surface area contributed by atoms with Gasteiger partial charge in [-0.25, -0.2) is 9.97 Å². The molecule has 1 aromatic heterocycles. The lowest BCUT2D eigenvalue weighted by Crippen LogP contribution is -2.32. The quantitative estimate of drug-likeness (QED) is 0.176. The average molecular weight is 740 g/mol. The van der Waals surface area contributed by atoms with Crippen LogP contribution in [0.5, 0.6) is 11.5 Å². The molecule has 0 bridgehead atoms. The molecule has 2 aliphatic rings. The fourth-order valence-corrected chi connectivity index (χ4v) is 9.03. The molecule has 9 aromatic rings. The maximum Gasteiger partial charge on any atom is 0.160 e. The van der Waals surface area contributed by atoms with Crippen LogP contribution in [0.4, 0.5) is 0 Å². The summed E-state index contributed by atoms with van der Waals surface area (Å²) in [5.74, 6) is 1.96. The van der Waals surface area contributed by atoms with Gasteiger partial charge < -0.3 is 4.74 Å². The van der Waals surface area contributed by atoms with Gasteiger partial charge >= 0.3 is 0 Å². The van der Waals surface area contributed by atoms with Crippen molar-refractivity contribution in [2.45, 2.75) is 5.41 Å². The number of nitriles is 1. The summed E-state index contributed by atoms with van der Waals surface area (Å²) in [5, 5.41) is 10.4. The maximum absolute atomic E-state index is 10.4. The van der Waals surface area contributed by atoms with Gasteiger partial charge in [0.05, 0.1) is 22.4 Å². The highest BCUT2D eigenvalue weighted by molar-refractivity contribution is 5.91. The normalized spacial score (nSPS) is 12.7. The Kier molecular flexibility index (Phi) is 7.74. The molecule has 4 nitrogen and oxygen atoms in total. The van der Waals surface area contributed by atoms with Gasteiger partial charge in [-0.2, -0.15) is 5.26 Å². The summed E-state index contributed by atoms with van der Waals surface area (Å²) in [6.07, 6.45) is 0. The van der Waals surface area contributed by atoms with Crippen molar-refractivity contribution in [3.8, 4) is 84.9 Å². The Morgan fingerprint density at radius 1 is 0.379 bits per heavy atom. The van der Waals surface area contributed by atoms with E-state index < -0.39 is 5.41 Å². The molecular weight excluding hydrogens is 707 g/mol. The first-order valence-electron chi connectivity index (χ1n) is 19.5. The molecule has 0 amide bonds. The average Bonchev–Trinajstić information content (AvgIpc) is 3.60. The molecule has 4 heteroatoms. The summed E-state index contributed by atoms with van der Waals surface area (Å²) in [6.45, 7) is 0. The highest BCUT2D eigenvalue weighted by Gasteiger charge is 2.51. The van der Waals surface area contributed by atoms with Gasteiger partial charge in [-0.15, -0.1) is 0 Å². The van der Waals surface area contributed by atoms with Crippen molar-refractivity contribution < 1.29 is 4.74 Å². The maximum atomic E-state index is 10.4. The molecule has 270 valence electrons. The number of fused-ring (bicyclic) bond motifs is 9. The van der Waals surface area contributed by atoms with Crippen molar-refractivity contribution in [1.82, 2.24) is 9.97 Å². The van der Waals surface area contributed by atoms with Crippen LogP contribution in [0.1, 0.15) is 27.8 Å². The van der Waals surface area contributed by atoms with E-state index in [-0.39, 0.29) is 0 Å². The summed E-state index contributed by atoms with van der Waals surface area (Å²) >= 11 is 0. The third kappa shape index (κ3) is 5.15. The zero-order chi connectivity index (χ0) is 38.6. The summed E-state index contributed by atoms with van der Waals surface area (Å²) in [6, 6.07) is 71.8. The molecule has 0 saturated heterocycles. The van der Waals surface area contributed by atoms with Gasteiger partial charge in [-0.1, -0.05) is 182 Å². The van der Waals surface area contributed by atoms with Crippen LogP contribution in [0, 0.1) is 11.3 Å². The number of rotatable bonds is 5. The number of ether oxygens (including phenoxy) is 1. The second-order valence-electron chi connectivity index (χ2n) is 14.8. The van der Waals surface area contributed by atoms with Crippen molar-refractivity contribution in [2.24, 2.45) is 0 Å². The van der Waals surface area contributed by atoms with E-state index in [0.29, 0.717) is 17.1 Å². The standard InChI is InChI=1S/C54H33N3O/c55-34-41-20-12-26-47-51(41)58-52-42(23-13-27-48(52)54(47)45-24-9-7-21-43(45)44-22-8-10-25-46(44)54)39-18-11-19-40(32-39)53-56-49(37-16-5-2-6-17-37)33-50(57-53)38-30-28-36(29-31-38)35-14-3-1-4-15-35/h1-33H. The second kappa shape index (κ2) is 13.4. The minimum Gasteiger partial charge on any atom is -0.455 e. The first-order valence-corrected chi connectivity index (χ1v) is 19.5. The molecule has 0 saturated carbocycles. The molecule has 0 atom stereocenters. The van der Waals surface area contributed by atoms with E-state index in [4.69, 9.17) is 14.7 Å². The predicted octanol–water partition coefficient (Wildman–Crippen LogP) is 13.2. The number of nitrogens with zero attached hydrogens (tertiary/aromatic N) is 3. The summed E-state index contributed by atoms with van der Waals surface area (Å²) in [7, 11) is 0. The molecule has 1 aliphatic carbocycles.